The summed E-state index contributed by atoms with van der Waals surface area (Å²) >= 11 is 1.10. The second-order valence-electron chi connectivity index (χ2n) is 3.13. The number of amides is 2. The molecule has 1 rings (SSSR count). The summed E-state index contributed by atoms with van der Waals surface area (Å²) < 4.78 is 0. The van der Waals surface area contributed by atoms with Crippen LogP contribution in [-0.4, -0.2) is 34.1 Å². The molecule has 0 aromatic rings. The molecule has 0 atom stereocenters. The van der Waals surface area contributed by atoms with E-state index in [0.29, 0.717) is 18.6 Å². The number of carbonyl (C=O) groups excluding carboxylic acids is 3. The first-order chi connectivity index (χ1) is 6.65. The van der Waals surface area contributed by atoms with Gasteiger partial charge in [-0.1, -0.05) is 18.7 Å². The number of ketones is 1. The van der Waals surface area contributed by atoms with Crippen LogP contribution in [-0.2, 0) is 9.59 Å². The minimum absolute atomic E-state index is 0.0431. The van der Waals surface area contributed by atoms with Crippen LogP contribution in [0.3, 0.4) is 0 Å². The summed E-state index contributed by atoms with van der Waals surface area (Å²) in [6.45, 7) is 1.85. The van der Waals surface area contributed by atoms with Crippen molar-refractivity contribution in [2.24, 2.45) is 0 Å². The van der Waals surface area contributed by atoms with Gasteiger partial charge in [0, 0.05) is 18.6 Å². The Morgan fingerprint density at radius 1 is 1.50 bits per heavy atom. The maximum atomic E-state index is 11.3. The molecular weight excluding hydrogens is 202 g/mol. The van der Waals surface area contributed by atoms with Gasteiger partial charge in [-0.15, -0.1) is 0 Å². The number of hydrogen-bond acceptors (Lipinski definition) is 4. The molecule has 1 aliphatic rings. The van der Waals surface area contributed by atoms with Crippen molar-refractivity contribution in [1.29, 1.82) is 0 Å². The summed E-state index contributed by atoms with van der Waals surface area (Å²) in [4.78, 5) is 34.9. The van der Waals surface area contributed by atoms with Crippen molar-refractivity contribution < 1.29 is 14.4 Å². The van der Waals surface area contributed by atoms with E-state index in [0.717, 1.165) is 23.1 Å². The Morgan fingerprint density at radius 2 is 2.21 bits per heavy atom. The number of rotatable bonds is 4. The lowest BCUT2D eigenvalue weighted by molar-refractivity contribution is -0.131. The van der Waals surface area contributed by atoms with Gasteiger partial charge < -0.3 is 0 Å². The predicted molar refractivity (Wildman–Crippen MR) is 54.1 cm³/mol. The molecule has 0 aromatic carbocycles. The SMILES string of the molecule is CCCC(=O)CN1C(=O)CCSC1=O. The second kappa shape index (κ2) is 5.14. The molecule has 0 aromatic heterocycles. The van der Waals surface area contributed by atoms with Crippen LogP contribution in [0.5, 0.6) is 0 Å². The fourth-order valence-electron chi connectivity index (χ4n) is 1.23. The number of Topliss-reactive ketones (excluding diaryl/α,β-unsaturated/α-hetero) is 1. The Hall–Kier alpha value is -0.840. The van der Waals surface area contributed by atoms with Crippen molar-refractivity contribution in [3.63, 3.8) is 0 Å². The van der Waals surface area contributed by atoms with Gasteiger partial charge in [-0.05, 0) is 6.42 Å². The van der Waals surface area contributed by atoms with Gasteiger partial charge >= 0.3 is 0 Å². The fourth-order valence-corrected chi connectivity index (χ4v) is 2.00. The van der Waals surface area contributed by atoms with Gasteiger partial charge in [0.2, 0.25) is 5.91 Å². The fraction of sp³-hybridized carbons (Fsp3) is 0.667. The van der Waals surface area contributed by atoms with Crippen molar-refractivity contribution in [1.82, 2.24) is 4.90 Å². The maximum Gasteiger partial charge on any atom is 0.288 e. The zero-order valence-electron chi connectivity index (χ0n) is 8.12. The van der Waals surface area contributed by atoms with E-state index in [4.69, 9.17) is 0 Å². The zero-order valence-corrected chi connectivity index (χ0v) is 8.93. The smallest absolute Gasteiger partial charge is 0.288 e. The lowest BCUT2D eigenvalue weighted by Crippen LogP contribution is -2.41. The molecular formula is C9H13NO3S. The number of thioether (sulfide) groups is 1. The van der Waals surface area contributed by atoms with Gasteiger partial charge in [-0.25, -0.2) is 0 Å². The Morgan fingerprint density at radius 3 is 2.79 bits per heavy atom. The summed E-state index contributed by atoms with van der Waals surface area (Å²) in [5, 5.41) is -0.286. The van der Waals surface area contributed by atoms with Gasteiger partial charge in [0.05, 0.1) is 6.54 Å². The second-order valence-corrected chi connectivity index (χ2v) is 4.18. The molecule has 1 fully saturated rings. The van der Waals surface area contributed by atoms with Gasteiger partial charge in [0.1, 0.15) is 0 Å². The Labute approximate surface area is 87.0 Å². The molecule has 0 N–H and O–H groups in total. The largest absolute Gasteiger partial charge is 0.298 e. The van der Waals surface area contributed by atoms with Crippen LogP contribution in [0.4, 0.5) is 4.79 Å². The molecule has 1 saturated heterocycles. The van der Waals surface area contributed by atoms with Crippen molar-refractivity contribution in [2.45, 2.75) is 26.2 Å². The highest BCUT2D eigenvalue weighted by Gasteiger charge is 2.27. The molecule has 0 saturated carbocycles. The maximum absolute atomic E-state index is 11.3. The average molecular weight is 215 g/mol. The lowest BCUT2D eigenvalue weighted by Gasteiger charge is -2.23. The molecule has 78 valence electrons. The molecule has 0 radical (unpaired) electrons. The van der Waals surface area contributed by atoms with E-state index < -0.39 is 0 Å². The third kappa shape index (κ3) is 2.83. The standard InChI is InChI=1S/C9H13NO3S/c1-2-3-7(11)6-10-8(12)4-5-14-9(10)13/h2-6H2,1H3. The van der Waals surface area contributed by atoms with Crippen LogP contribution in [0.25, 0.3) is 0 Å². The molecule has 0 spiro atoms. The lowest BCUT2D eigenvalue weighted by atomic mass is 10.2. The van der Waals surface area contributed by atoms with E-state index in [-0.39, 0.29) is 23.5 Å². The van der Waals surface area contributed by atoms with E-state index in [1.54, 1.807) is 0 Å². The molecule has 2 amide bonds. The zero-order chi connectivity index (χ0) is 10.6. The first kappa shape index (κ1) is 11.2. The van der Waals surface area contributed by atoms with Crippen LogP contribution in [0.2, 0.25) is 0 Å². The number of hydrogen-bond donors (Lipinski definition) is 0. The van der Waals surface area contributed by atoms with E-state index in [1.165, 1.54) is 0 Å². The normalized spacial score (nSPS) is 17.4. The molecule has 4 nitrogen and oxygen atoms in total. The number of nitrogens with zero attached hydrogens (tertiary/aromatic N) is 1. The van der Waals surface area contributed by atoms with Crippen LogP contribution in [0, 0.1) is 0 Å². The van der Waals surface area contributed by atoms with Gasteiger partial charge in [-0.2, -0.15) is 0 Å². The average Bonchev–Trinajstić information content (AvgIpc) is 2.12. The number of carbonyl (C=O) groups is 3. The van der Waals surface area contributed by atoms with E-state index >= 15 is 0 Å². The summed E-state index contributed by atoms with van der Waals surface area (Å²) in [7, 11) is 0. The Kier molecular flexibility index (Phi) is 4.13. The summed E-state index contributed by atoms with van der Waals surface area (Å²) in [6.07, 6.45) is 1.54. The highest BCUT2D eigenvalue weighted by atomic mass is 32.2. The van der Waals surface area contributed by atoms with Crippen molar-refractivity contribution in [3.8, 4) is 0 Å². The highest BCUT2D eigenvalue weighted by Crippen LogP contribution is 2.18. The third-order valence-electron chi connectivity index (χ3n) is 1.93. The van der Waals surface area contributed by atoms with Crippen LogP contribution < -0.4 is 0 Å². The van der Waals surface area contributed by atoms with Crippen molar-refractivity contribution in [2.75, 3.05) is 12.3 Å². The quantitative estimate of drug-likeness (QED) is 0.712. The molecule has 1 heterocycles. The molecule has 1 aliphatic heterocycles. The Balaban J connectivity index is 2.52. The van der Waals surface area contributed by atoms with Crippen molar-refractivity contribution in [3.05, 3.63) is 0 Å². The summed E-state index contributed by atoms with van der Waals surface area (Å²) in [6, 6.07) is 0. The van der Waals surface area contributed by atoms with Crippen LogP contribution in [0.15, 0.2) is 0 Å². The molecule has 0 bridgehead atoms. The minimum Gasteiger partial charge on any atom is -0.298 e. The third-order valence-corrected chi connectivity index (χ3v) is 2.80. The summed E-state index contributed by atoms with van der Waals surface area (Å²) in [5.41, 5.74) is 0. The molecule has 0 aliphatic carbocycles. The molecule has 5 heteroatoms. The topological polar surface area (TPSA) is 54.5 Å². The van der Waals surface area contributed by atoms with Crippen LogP contribution in [0.1, 0.15) is 26.2 Å². The molecule has 14 heavy (non-hydrogen) atoms. The molecule has 0 unspecified atom stereocenters. The number of imide groups is 1. The Bertz CT molecular complexity index is 249. The van der Waals surface area contributed by atoms with E-state index in [1.807, 2.05) is 6.92 Å². The van der Waals surface area contributed by atoms with Crippen molar-refractivity contribution >= 4 is 28.7 Å². The van der Waals surface area contributed by atoms with Crippen LogP contribution >= 0.6 is 11.8 Å². The van der Waals surface area contributed by atoms with Gasteiger partial charge in [0.25, 0.3) is 5.24 Å². The van der Waals surface area contributed by atoms with E-state index in [2.05, 4.69) is 0 Å². The first-order valence-corrected chi connectivity index (χ1v) is 5.62. The monoisotopic (exact) mass is 215 g/mol. The van der Waals surface area contributed by atoms with E-state index in [9.17, 15) is 14.4 Å². The minimum atomic E-state index is -0.286. The van der Waals surface area contributed by atoms with Gasteiger partial charge in [-0.3, -0.25) is 19.3 Å². The predicted octanol–water partition coefficient (Wildman–Crippen LogP) is 1.44. The van der Waals surface area contributed by atoms with Gasteiger partial charge in [0.15, 0.2) is 5.78 Å². The highest BCUT2D eigenvalue weighted by molar-refractivity contribution is 8.13. The first-order valence-electron chi connectivity index (χ1n) is 4.64. The summed E-state index contributed by atoms with van der Waals surface area (Å²) in [5.74, 6) is 0.269.